The van der Waals surface area contributed by atoms with Crippen LogP contribution < -0.4 is 5.32 Å². The van der Waals surface area contributed by atoms with Crippen LogP contribution in [0.1, 0.15) is 70.6 Å². The minimum absolute atomic E-state index is 0.837. The molecule has 0 atom stereocenters. The molecular weight excluding hydrogens is 218 g/mol. The SMILES string of the molecule is ClCCCCCCCCNC1CCCCC1. The summed E-state index contributed by atoms with van der Waals surface area (Å²) in [7, 11) is 0. The van der Waals surface area contributed by atoms with E-state index in [0.717, 1.165) is 11.9 Å². The Morgan fingerprint density at radius 2 is 1.44 bits per heavy atom. The molecule has 0 aromatic rings. The van der Waals surface area contributed by atoms with Gasteiger partial charge in [-0.15, -0.1) is 11.6 Å². The summed E-state index contributed by atoms with van der Waals surface area (Å²) in [6, 6.07) is 0.838. The van der Waals surface area contributed by atoms with Crippen LogP contribution in [0.4, 0.5) is 0 Å². The first-order chi connectivity index (χ1) is 7.93. The molecule has 1 aliphatic rings. The highest BCUT2D eigenvalue weighted by atomic mass is 35.5. The quantitative estimate of drug-likeness (QED) is 0.466. The van der Waals surface area contributed by atoms with Crippen molar-refractivity contribution in [2.24, 2.45) is 0 Å². The topological polar surface area (TPSA) is 12.0 Å². The average Bonchev–Trinajstić information content (AvgIpc) is 2.34. The molecule has 0 aliphatic heterocycles. The normalized spacial score (nSPS) is 17.8. The molecule has 16 heavy (non-hydrogen) atoms. The van der Waals surface area contributed by atoms with Gasteiger partial charge in [-0.1, -0.05) is 44.9 Å². The van der Waals surface area contributed by atoms with Crippen LogP contribution in [0.15, 0.2) is 0 Å². The molecule has 0 spiro atoms. The summed E-state index contributed by atoms with van der Waals surface area (Å²) in [6.45, 7) is 1.24. The highest BCUT2D eigenvalue weighted by molar-refractivity contribution is 6.17. The number of rotatable bonds is 9. The van der Waals surface area contributed by atoms with E-state index < -0.39 is 0 Å². The van der Waals surface area contributed by atoms with Crippen molar-refractivity contribution in [3.63, 3.8) is 0 Å². The number of halogens is 1. The van der Waals surface area contributed by atoms with Gasteiger partial charge in [0.05, 0.1) is 0 Å². The molecule has 0 radical (unpaired) electrons. The molecule has 0 heterocycles. The van der Waals surface area contributed by atoms with Gasteiger partial charge in [0.15, 0.2) is 0 Å². The summed E-state index contributed by atoms with van der Waals surface area (Å²) in [5, 5.41) is 3.70. The van der Waals surface area contributed by atoms with Gasteiger partial charge in [-0.25, -0.2) is 0 Å². The van der Waals surface area contributed by atoms with Gasteiger partial charge in [0.2, 0.25) is 0 Å². The Morgan fingerprint density at radius 1 is 0.812 bits per heavy atom. The zero-order chi connectivity index (χ0) is 11.5. The van der Waals surface area contributed by atoms with Crippen LogP contribution in [0.5, 0.6) is 0 Å². The molecule has 96 valence electrons. The summed E-state index contributed by atoms with van der Waals surface area (Å²) < 4.78 is 0. The van der Waals surface area contributed by atoms with Crippen LogP contribution in [-0.4, -0.2) is 18.5 Å². The van der Waals surface area contributed by atoms with Crippen molar-refractivity contribution >= 4 is 11.6 Å². The predicted octanol–water partition coefficient (Wildman–Crippen LogP) is 4.49. The maximum Gasteiger partial charge on any atom is 0.0223 e. The third-order valence-corrected chi connectivity index (χ3v) is 3.87. The van der Waals surface area contributed by atoms with Gasteiger partial charge in [-0.2, -0.15) is 0 Å². The molecule has 1 aliphatic carbocycles. The van der Waals surface area contributed by atoms with E-state index in [4.69, 9.17) is 11.6 Å². The molecule has 0 bridgehead atoms. The van der Waals surface area contributed by atoms with Crippen molar-refractivity contribution in [2.75, 3.05) is 12.4 Å². The van der Waals surface area contributed by atoms with Gasteiger partial charge in [0, 0.05) is 11.9 Å². The van der Waals surface area contributed by atoms with Crippen LogP contribution in [0.2, 0.25) is 0 Å². The molecule has 1 rings (SSSR count). The monoisotopic (exact) mass is 245 g/mol. The lowest BCUT2D eigenvalue weighted by atomic mass is 9.95. The maximum atomic E-state index is 5.64. The number of unbranched alkanes of at least 4 members (excludes halogenated alkanes) is 5. The van der Waals surface area contributed by atoms with Gasteiger partial charge in [0.1, 0.15) is 0 Å². The summed E-state index contributed by atoms with van der Waals surface area (Å²) in [5.41, 5.74) is 0. The van der Waals surface area contributed by atoms with Crippen LogP contribution in [-0.2, 0) is 0 Å². The van der Waals surface area contributed by atoms with E-state index in [1.54, 1.807) is 0 Å². The van der Waals surface area contributed by atoms with Crippen molar-refractivity contribution in [2.45, 2.75) is 76.7 Å². The van der Waals surface area contributed by atoms with E-state index in [1.165, 1.54) is 77.2 Å². The largest absolute Gasteiger partial charge is 0.314 e. The lowest BCUT2D eigenvalue weighted by molar-refractivity contribution is 0.370. The smallest absolute Gasteiger partial charge is 0.0223 e. The summed E-state index contributed by atoms with van der Waals surface area (Å²) in [6.07, 6.45) is 15.2. The summed E-state index contributed by atoms with van der Waals surface area (Å²) in [5.74, 6) is 0.837. The van der Waals surface area contributed by atoms with Gasteiger partial charge in [-0.05, 0) is 32.2 Å². The van der Waals surface area contributed by atoms with Crippen LogP contribution in [0.25, 0.3) is 0 Å². The minimum atomic E-state index is 0.837. The van der Waals surface area contributed by atoms with Gasteiger partial charge in [-0.3, -0.25) is 0 Å². The first-order valence-electron chi connectivity index (χ1n) is 7.23. The van der Waals surface area contributed by atoms with E-state index in [-0.39, 0.29) is 0 Å². The minimum Gasteiger partial charge on any atom is -0.314 e. The standard InChI is InChI=1S/C14H28ClN/c15-12-8-3-1-2-4-9-13-16-14-10-6-5-7-11-14/h14,16H,1-13H2. The summed E-state index contributed by atoms with van der Waals surface area (Å²) >= 11 is 5.64. The fourth-order valence-corrected chi connectivity index (χ4v) is 2.73. The van der Waals surface area contributed by atoms with E-state index in [0.29, 0.717) is 0 Å². The highest BCUT2D eigenvalue weighted by Gasteiger charge is 2.11. The fourth-order valence-electron chi connectivity index (χ4n) is 2.54. The molecule has 1 N–H and O–H groups in total. The van der Waals surface area contributed by atoms with Crippen molar-refractivity contribution in [3.05, 3.63) is 0 Å². The molecule has 1 nitrogen and oxygen atoms in total. The van der Waals surface area contributed by atoms with Crippen molar-refractivity contribution < 1.29 is 0 Å². The first kappa shape index (κ1) is 14.3. The Labute approximate surface area is 106 Å². The molecule has 0 amide bonds. The van der Waals surface area contributed by atoms with Gasteiger partial charge >= 0.3 is 0 Å². The van der Waals surface area contributed by atoms with Gasteiger partial charge < -0.3 is 5.32 Å². The number of nitrogens with one attached hydrogen (secondary N) is 1. The lowest BCUT2D eigenvalue weighted by Crippen LogP contribution is -2.31. The lowest BCUT2D eigenvalue weighted by Gasteiger charge is -2.22. The average molecular weight is 246 g/mol. The van der Waals surface area contributed by atoms with Crippen LogP contribution in [0, 0.1) is 0 Å². The molecule has 0 aromatic carbocycles. The molecular formula is C14H28ClN. The zero-order valence-corrected chi connectivity index (χ0v) is 11.4. The Balaban J connectivity index is 1.77. The molecule has 1 fully saturated rings. The van der Waals surface area contributed by atoms with E-state index in [2.05, 4.69) is 5.32 Å². The zero-order valence-electron chi connectivity index (χ0n) is 10.6. The molecule has 0 saturated heterocycles. The maximum absolute atomic E-state index is 5.64. The molecule has 0 aromatic heterocycles. The Hall–Kier alpha value is 0.250. The van der Waals surface area contributed by atoms with Gasteiger partial charge in [0.25, 0.3) is 0 Å². The Morgan fingerprint density at radius 3 is 2.12 bits per heavy atom. The fraction of sp³-hybridized carbons (Fsp3) is 1.00. The van der Waals surface area contributed by atoms with E-state index in [1.807, 2.05) is 0 Å². The Bertz CT molecular complexity index is 144. The summed E-state index contributed by atoms with van der Waals surface area (Å²) in [4.78, 5) is 0. The first-order valence-corrected chi connectivity index (χ1v) is 7.76. The number of hydrogen-bond acceptors (Lipinski definition) is 1. The van der Waals surface area contributed by atoms with E-state index in [9.17, 15) is 0 Å². The third-order valence-electron chi connectivity index (χ3n) is 3.60. The molecule has 2 heteroatoms. The number of alkyl halides is 1. The second-order valence-electron chi connectivity index (χ2n) is 5.10. The van der Waals surface area contributed by atoms with E-state index >= 15 is 0 Å². The Kier molecular flexibility index (Phi) is 9.31. The number of hydrogen-bond donors (Lipinski definition) is 1. The predicted molar refractivity (Wildman–Crippen MR) is 73.3 cm³/mol. The van der Waals surface area contributed by atoms with Crippen molar-refractivity contribution in [1.29, 1.82) is 0 Å². The molecule has 1 saturated carbocycles. The van der Waals surface area contributed by atoms with Crippen molar-refractivity contribution in [3.8, 4) is 0 Å². The van der Waals surface area contributed by atoms with Crippen molar-refractivity contribution in [1.82, 2.24) is 5.32 Å². The highest BCUT2D eigenvalue weighted by Crippen LogP contribution is 2.17. The van der Waals surface area contributed by atoms with Crippen LogP contribution in [0.3, 0.4) is 0 Å². The second-order valence-corrected chi connectivity index (χ2v) is 5.48. The molecule has 0 unspecified atom stereocenters. The second kappa shape index (κ2) is 10.4. The third kappa shape index (κ3) is 7.51. The van der Waals surface area contributed by atoms with Crippen LogP contribution >= 0.6 is 11.6 Å².